The second kappa shape index (κ2) is 4.76. The van der Waals surface area contributed by atoms with Crippen LogP contribution >= 0.6 is 0 Å². The van der Waals surface area contributed by atoms with Gasteiger partial charge in [0.05, 0.1) is 6.20 Å². The highest BCUT2D eigenvalue weighted by Crippen LogP contribution is 2.16. The quantitative estimate of drug-likeness (QED) is 0.713. The molecule has 0 aliphatic heterocycles. The summed E-state index contributed by atoms with van der Waals surface area (Å²) in [5.41, 5.74) is 4.60. The number of imidazole rings is 1. The second-order valence-corrected chi connectivity index (χ2v) is 4.76. The second-order valence-electron chi connectivity index (χ2n) is 4.76. The maximum Gasteiger partial charge on any atom is 0.232 e. The first kappa shape index (κ1) is 11.8. The van der Waals surface area contributed by atoms with Crippen LogP contribution in [0, 0.1) is 13.8 Å². The molecule has 3 heteroatoms. The number of aromatic nitrogens is 2. The van der Waals surface area contributed by atoms with Gasteiger partial charge in [-0.15, -0.1) is 0 Å². The summed E-state index contributed by atoms with van der Waals surface area (Å²) in [6, 6.07) is 12.3. The van der Waals surface area contributed by atoms with Crippen molar-refractivity contribution < 1.29 is 4.74 Å². The van der Waals surface area contributed by atoms with Crippen LogP contribution < -0.4 is 4.74 Å². The molecule has 0 spiro atoms. The summed E-state index contributed by atoms with van der Waals surface area (Å²) in [6.07, 6.45) is 3.87. The van der Waals surface area contributed by atoms with Crippen LogP contribution in [0.1, 0.15) is 16.7 Å². The average Bonchev–Trinajstić information content (AvgIpc) is 2.82. The Bertz CT molecular complexity index is 683. The predicted octanol–water partition coefficient (Wildman–Crippen LogP) is 3.53. The molecule has 3 nitrogen and oxygen atoms in total. The minimum Gasteiger partial charge on any atom is -0.472 e. The number of rotatable bonds is 3. The monoisotopic (exact) mass is 252 g/mol. The Morgan fingerprint density at radius 3 is 2.89 bits per heavy atom. The van der Waals surface area contributed by atoms with Crippen LogP contribution in [0.2, 0.25) is 0 Å². The van der Waals surface area contributed by atoms with Crippen LogP contribution in [0.15, 0.2) is 48.8 Å². The number of fused-ring (bicyclic) bond motifs is 1. The molecule has 0 aliphatic carbocycles. The van der Waals surface area contributed by atoms with Crippen LogP contribution in [0.3, 0.4) is 0 Å². The Morgan fingerprint density at radius 1 is 1.16 bits per heavy atom. The van der Waals surface area contributed by atoms with E-state index in [-0.39, 0.29) is 0 Å². The Balaban J connectivity index is 1.80. The average molecular weight is 252 g/mol. The van der Waals surface area contributed by atoms with Gasteiger partial charge in [0.15, 0.2) is 0 Å². The summed E-state index contributed by atoms with van der Waals surface area (Å²) in [5, 5.41) is 0. The molecule has 0 unspecified atom stereocenters. The van der Waals surface area contributed by atoms with E-state index in [9.17, 15) is 0 Å². The Kier molecular flexibility index (Phi) is 2.95. The van der Waals surface area contributed by atoms with E-state index in [0.717, 1.165) is 5.65 Å². The van der Waals surface area contributed by atoms with Gasteiger partial charge in [-0.2, -0.15) is 4.98 Å². The molecule has 0 fully saturated rings. The molecule has 0 saturated carbocycles. The fourth-order valence-corrected chi connectivity index (χ4v) is 2.09. The zero-order valence-electron chi connectivity index (χ0n) is 11.1. The first-order valence-electron chi connectivity index (χ1n) is 6.35. The number of aryl methyl sites for hydroxylation is 2. The van der Waals surface area contributed by atoms with E-state index in [1.54, 1.807) is 0 Å². The van der Waals surface area contributed by atoms with E-state index < -0.39 is 0 Å². The number of pyridine rings is 1. The van der Waals surface area contributed by atoms with Gasteiger partial charge in [0.25, 0.3) is 0 Å². The topological polar surface area (TPSA) is 26.5 Å². The molecule has 0 N–H and O–H groups in total. The molecule has 0 aliphatic rings. The summed E-state index contributed by atoms with van der Waals surface area (Å²) in [7, 11) is 0. The van der Waals surface area contributed by atoms with Crippen LogP contribution in [-0.4, -0.2) is 9.38 Å². The van der Waals surface area contributed by atoms with Crippen molar-refractivity contribution in [2.24, 2.45) is 0 Å². The zero-order chi connectivity index (χ0) is 13.2. The fraction of sp³-hybridized carbons (Fsp3) is 0.188. The van der Waals surface area contributed by atoms with Crippen molar-refractivity contribution in [2.75, 3.05) is 0 Å². The molecule has 19 heavy (non-hydrogen) atoms. The van der Waals surface area contributed by atoms with Gasteiger partial charge < -0.3 is 9.14 Å². The fourth-order valence-electron chi connectivity index (χ4n) is 2.09. The Morgan fingerprint density at radius 2 is 2.05 bits per heavy atom. The van der Waals surface area contributed by atoms with Gasteiger partial charge in [-0.05, 0) is 37.1 Å². The molecule has 0 amide bonds. The molecule has 0 bridgehead atoms. The lowest BCUT2D eigenvalue weighted by atomic mass is 10.1. The molecule has 96 valence electrons. The van der Waals surface area contributed by atoms with Crippen molar-refractivity contribution in [1.82, 2.24) is 9.38 Å². The van der Waals surface area contributed by atoms with E-state index in [1.165, 1.54) is 16.7 Å². The minimum absolute atomic E-state index is 0.553. The van der Waals surface area contributed by atoms with Crippen LogP contribution in [0.4, 0.5) is 0 Å². The van der Waals surface area contributed by atoms with Gasteiger partial charge in [-0.25, -0.2) is 0 Å². The van der Waals surface area contributed by atoms with Gasteiger partial charge >= 0.3 is 0 Å². The van der Waals surface area contributed by atoms with Crippen molar-refractivity contribution >= 4 is 5.65 Å². The molecule has 3 rings (SSSR count). The molecule has 0 atom stereocenters. The van der Waals surface area contributed by atoms with Gasteiger partial charge in [0.1, 0.15) is 12.3 Å². The molecule has 0 radical (unpaired) electrons. The molecule has 2 aromatic heterocycles. The summed E-state index contributed by atoms with van der Waals surface area (Å²) in [4.78, 5) is 4.42. The van der Waals surface area contributed by atoms with Crippen molar-refractivity contribution in [3.63, 3.8) is 0 Å². The van der Waals surface area contributed by atoms with Crippen molar-refractivity contribution in [1.29, 1.82) is 0 Å². The zero-order valence-corrected chi connectivity index (χ0v) is 11.1. The smallest absolute Gasteiger partial charge is 0.232 e. The lowest BCUT2D eigenvalue weighted by Gasteiger charge is -2.07. The summed E-state index contributed by atoms with van der Waals surface area (Å²) in [6.45, 7) is 4.74. The van der Waals surface area contributed by atoms with Crippen LogP contribution in [0.5, 0.6) is 5.88 Å². The third-order valence-electron chi connectivity index (χ3n) is 3.22. The van der Waals surface area contributed by atoms with Gasteiger partial charge in [0.2, 0.25) is 5.88 Å². The maximum atomic E-state index is 5.78. The van der Waals surface area contributed by atoms with E-state index in [2.05, 4.69) is 37.0 Å². The third-order valence-corrected chi connectivity index (χ3v) is 3.22. The van der Waals surface area contributed by atoms with Crippen molar-refractivity contribution in [3.8, 4) is 5.88 Å². The summed E-state index contributed by atoms with van der Waals surface area (Å²) >= 11 is 0. The number of nitrogens with zero attached hydrogens (tertiary/aromatic N) is 2. The van der Waals surface area contributed by atoms with Crippen molar-refractivity contribution in [2.45, 2.75) is 20.5 Å². The minimum atomic E-state index is 0.553. The molecule has 0 saturated heterocycles. The van der Waals surface area contributed by atoms with Gasteiger partial charge in [-0.1, -0.05) is 29.8 Å². The summed E-state index contributed by atoms with van der Waals surface area (Å²) in [5.74, 6) is 0.659. The Labute approximate surface area is 112 Å². The lowest BCUT2D eigenvalue weighted by molar-refractivity contribution is 0.295. The SMILES string of the molecule is Cc1ccc(C)c(COc2cn3ccccc3n2)c1. The molecular weight excluding hydrogens is 236 g/mol. The van der Waals surface area contributed by atoms with E-state index >= 15 is 0 Å². The lowest BCUT2D eigenvalue weighted by Crippen LogP contribution is -1.98. The standard InChI is InChI=1S/C16H16N2O/c1-12-6-7-13(2)14(9-12)11-19-16-10-18-8-4-3-5-15(18)17-16/h3-10H,11H2,1-2H3. The first-order chi connectivity index (χ1) is 9.22. The molecule has 2 heterocycles. The normalized spacial score (nSPS) is 10.8. The largest absolute Gasteiger partial charge is 0.472 e. The van der Waals surface area contributed by atoms with Crippen LogP contribution in [-0.2, 0) is 6.61 Å². The van der Waals surface area contributed by atoms with E-state index in [1.807, 2.05) is 35.0 Å². The van der Waals surface area contributed by atoms with E-state index in [4.69, 9.17) is 4.74 Å². The third kappa shape index (κ3) is 2.45. The Hall–Kier alpha value is -2.29. The van der Waals surface area contributed by atoms with E-state index in [0.29, 0.717) is 12.5 Å². The molecule has 3 aromatic rings. The van der Waals surface area contributed by atoms with Gasteiger partial charge in [-0.3, -0.25) is 0 Å². The first-order valence-corrected chi connectivity index (χ1v) is 6.35. The van der Waals surface area contributed by atoms with Gasteiger partial charge in [0, 0.05) is 6.20 Å². The van der Waals surface area contributed by atoms with Crippen LogP contribution in [0.25, 0.3) is 5.65 Å². The number of benzene rings is 1. The number of hydrogen-bond acceptors (Lipinski definition) is 2. The maximum absolute atomic E-state index is 5.78. The highest BCUT2D eigenvalue weighted by atomic mass is 16.5. The highest BCUT2D eigenvalue weighted by molar-refractivity contribution is 5.41. The summed E-state index contributed by atoms with van der Waals surface area (Å²) < 4.78 is 7.74. The predicted molar refractivity (Wildman–Crippen MR) is 75.4 cm³/mol. The van der Waals surface area contributed by atoms with Crippen molar-refractivity contribution in [3.05, 3.63) is 65.5 Å². The number of ether oxygens (including phenoxy) is 1. The molecule has 1 aromatic carbocycles. The molecular formula is C16H16N2O. The highest BCUT2D eigenvalue weighted by Gasteiger charge is 2.04. The number of hydrogen-bond donors (Lipinski definition) is 0.